The third kappa shape index (κ3) is 4.44. The van der Waals surface area contributed by atoms with Crippen LogP contribution in [-0.2, 0) is 9.47 Å². The van der Waals surface area contributed by atoms with E-state index in [1.807, 2.05) is 26.8 Å². The van der Waals surface area contributed by atoms with Gasteiger partial charge in [0.1, 0.15) is 6.10 Å². The summed E-state index contributed by atoms with van der Waals surface area (Å²) in [5.74, 6) is -0.604. The van der Waals surface area contributed by atoms with Crippen LogP contribution in [0.4, 0.5) is 0 Å². The molecular formula is C16H28O3. The summed E-state index contributed by atoms with van der Waals surface area (Å²) in [7, 11) is 0. The second-order valence-electron chi connectivity index (χ2n) is 6.34. The lowest BCUT2D eigenvalue weighted by atomic mass is 9.77. The highest BCUT2D eigenvalue weighted by Gasteiger charge is 2.43. The topological polar surface area (TPSA) is 38.7 Å². The minimum atomic E-state index is -0.604. The molecule has 1 fully saturated rings. The molecule has 0 saturated carbocycles. The maximum atomic E-state index is 10.6. The monoisotopic (exact) mass is 268 g/mol. The first-order chi connectivity index (χ1) is 8.70. The molecule has 1 aliphatic heterocycles. The van der Waals surface area contributed by atoms with Crippen molar-refractivity contribution < 1.29 is 14.6 Å². The highest BCUT2D eigenvalue weighted by atomic mass is 16.7. The van der Waals surface area contributed by atoms with Crippen LogP contribution < -0.4 is 0 Å². The molecule has 3 nitrogen and oxygen atoms in total. The third-order valence-corrected chi connectivity index (χ3v) is 3.76. The molecule has 0 bridgehead atoms. The molecule has 0 aromatic rings. The maximum absolute atomic E-state index is 10.6. The van der Waals surface area contributed by atoms with E-state index in [0.717, 1.165) is 12.8 Å². The van der Waals surface area contributed by atoms with Crippen molar-refractivity contribution in [2.24, 2.45) is 5.41 Å². The first-order valence-electron chi connectivity index (χ1n) is 6.97. The smallest absolute Gasteiger partial charge is 0.163 e. The van der Waals surface area contributed by atoms with Crippen LogP contribution in [-0.4, -0.2) is 29.7 Å². The van der Waals surface area contributed by atoms with E-state index in [1.54, 1.807) is 0 Å². The summed E-state index contributed by atoms with van der Waals surface area (Å²) < 4.78 is 11.3. The van der Waals surface area contributed by atoms with E-state index in [1.165, 1.54) is 5.57 Å². The average molecular weight is 268 g/mol. The molecule has 0 aromatic heterocycles. The van der Waals surface area contributed by atoms with Gasteiger partial charge in [-0.2, -0.15) is 0 Å². The van der Waals surface area contributed by atoms with Gasteiger partial charge in [-0.05, 0) is 40.5 Å². The van der Waals surface area contributed by atoms with Crippen molar-refractivity contribution in [2.75, 3.05) is 6.61 Å². The highest BCUT2D eigenvalue weighted by Crippen LogP contribution is 2.36. The number of hydrogen-bond acceptors (Lipinski definition) is 3. The molecule has 0 aliphatic carbocycles. The minimum Gasteiger partial charge on any atom is -0.389 e. The van der Waals surface area contributed by atoms with E-state index < -0.39 is 11.9 Å². The van der Waals surface area contributed by atoms with Crippen molar-refractivity contribution in [3.63, 3.8) is 0 Å². The SMILES string of the molecule is C=CC(C)(CCC=C(C)C)C(O)[C@H]1COC(C)(C)O1. The molecule has 1 aliphatic rings. The van der Waals surface area contributed by atoms with Gasteiger partial charge in [0, 0.05) is 5.41 Å². The quantitative estimate of drug-likeness (QED) is 0.750. The third-order valence-electron chi connectivity index (χ3n) is 3.76. The molecule has 110 valence electrons. The highest BCUT2D eigenvalue weighted by molar-refractivity contribution is 5.03. The van der Waals surface area contributed by atoms with Crippen LogP contribution in [0, 0.1) is 5.41 Å². The van der Waals surface area contributed by atoms with Gasteiger partial charge in [0.25, 0.3) is 0 Å². The van der Waals surface area contributed by atoms with Crippen LogP contribution >= 0.6 is 0 Å². The van der Waals surface area contributed by atoms with Crippen LogP contribution in [0.5, 0.6) is 0 Å². The van der Waals surface area contributed by atoms with Crippen LogP contribution in [0.3, 0.4) is 0 Å². The lowest BCUT2D eigenvalue weighted by Gasteiger charge is -2.34. The summed E-state index contributed by atoms with van der Waals surface area (Å²) in [6.45, 7) is 14.2. The van der Waals surface area contributed by atoms with Crippen LogP contribution in [0.25, 0.3) is 0 Å². The van der Waals surface area contributed by atoms with Gasteiger partial charge in [-0.3, -0.25) is 0 Å². The van der Waals surface area contributed by atoms with Gasteiger partial charge < -0.3 is 14.6 Å². The van der Waals surface area contributed by atoms with Gasteiger partial charge in [0.2, 0.25) is 0 Å². The fourth-order valence-electron chi connectivity index (χ4n) is 2.34. The first-order valence-corrected chi connectivity index (χ1v) is 6.97. The molecule has 3 atom stereocenters. The van der Waals surface area contributed by atoms with E-state index in [-0.39, 0.29) is 11.5 Å². The average Bonchev–Trinajstić information content (AvgIpc) is 2.68. The largest absolute Gasteiger partial charge is 0.389 e. The van der Waals surface area contributed by atoms with Crippen molar-refractivity contribution in [2.45, 2.75) is 65.5 Å². The van der Waals surface area contributed by atoms with Gasteiger partial charge >= 0.3 is 0 Å². The van der Waals surface area contributed by atoms with E-state index >= 15 is 0 Å². The number of aliphatic hydroxyl groups is 1. The number of hydrogen-bond donors (Lipinski definition) is 1. The maximum Gasteiger partial charge on any atom is 0.163 e. The molecule has 0 amide bonds. The van der Waals surface area contributed by atoms with Crippen LogP contribution in [0.2, 0.25) is 0 Å². The van der Waals surface area contributed by atoms with Crippen molar-refractivity contribution in [1.82, 2.24) is 0 Å². The summed E-state index contributed by atoms with van der Waals surface area (Å²) in [5, 5.41) is 10.6. The summed E-state index contributed by atoms with van der Waals surface area (Å²) >= 11 is 0. The molecule has 2 unspecified atom stereocenters. The van der Waals surface area contributed by atoms with Crippen LogP contribution in [0.1, 0.15) is 47.5 Å². The molecule has 1 rings (SSSR count). The van der Waals surface area contributed by atoms with Gasteiger partial charge in [-0.1, -0.05) is 24.6 Å². The molecule has 3 heteroatoms. The summed E-state index contributed by atoms with van der Waals surface area (Å²) in [6.07, 6.45) is 4.92. The predicted octanol–water partition coefficient (Wildman–Crippen LogP) is 3.44. The summed E-state index contributed by atoms with van der Waals surface area (Å²) in [4.78, 5) is 0. The zero-order chi connectivity index (χ0) is 14.7. The fourth-order valence-corrected chi connectivity index (χ4v) is 2.34. The zero-order valence-corrected chi connectivity index (χ0v) is 12.9. The van der Waals surface area contributed by atoms with E-state index in [0.29, 0.717) is 6.61 Å². The number of aliphatic hydroxyl groups excluding tert-OH is 1. The van der Waals surface area contributed by atoms with Crippen molar-refractivity contribution in [3.05, 3.63) is 24.3 Å². The molecule has 1 N–H and O–H groups in total. The standard InChI is InChI=1S/C16H28O3/c1-7-16(6,10-8-9-12(2)3)14(17)13-11-18-15(4,5)19-13/h7,9,13-14,17H,1,8,10-11H2,2-6H3/t13-,14?,16?/m1/s1. The Morgan fingerprint density at radius 2 is 2.16 bits per heavy atom. The Bertz CT molecular complexity index is 342. The molecule has 0 radical (unpaired) electrons. The lowest BCUT2D eigenvalue weighted by molar-refractivity contribution is -0.159. The molecule has 0 aromatic carbocycles. The normalized spacial score (nSPS) is 26.5. The molecule has 1 heterocycles. The first kappa shape index (κ1) is 16.4. The summed E-state index contributed by atoms with van der Waals surface area (Å²) in [6, 6.07) is 0. The van der Waals surface area contributed by atoms with Gasteiger partial charge in [0.15, 0.2) is 5.79 Å². The fraction of sp³-hybridized carbons (Fsp3) is 0.750. The molecule has 19 heavy (non-hydrogen) atoms. The van der Waals surface area contributed by atoms with E-state index in [2.05, 4.69) is 26.5 Å². The van der Waals surface area contributed by atoms with Crippen molar-refractivity contribution in [1.29, 1.82) is 0 Å². The predicted molar refractivity (Wildman–Crippen MR) is 77.9 cm³/mol. The Kier molecular flexibility index (Phi) is 5.36. The van der Waals surface area contributed by atoms with Crippen molar-refractivity contribution in [3.8, 4) is 0 Å². The Morgan fingerprint density at radius 1 is 1.53 bits per heavy atom. The summed E-state index contributed by atoms with van der Waals surface area (Å²) in [5.41, 5.74) is 0.933. The Labute approximate surface area is 117 Å². The van der Waals surface area contributed by atoms with Crippen LogP contribution in [0.15, 0.2) is 24.3 Å². The van der Waals surface area contributed by atoms with Gasteiger partial charge in [-0.15, -0.1) is 6.58 Å². The molecule has 1 saturated heterocycles. The lowest BCUT2D eigenvalue weighted by Crippen LogP contribution is -2.42. The number of allylic oxidation sites excluding steroid dienone is 2. The van der Waals surface area contributed by atoms with E-state index in [9.17, 15) is 5.11 Å². The molecule has 0 spiro atoms. The number of ether oxygens (including phenoxy) is 2. The van der Waals surface area contributed by atoms with Gasteiger partial charge in [-0.25, -0.2) is 0 Å². The van der Waals surface area contributed by atoms with Gasteiger partial charge in [0.05, 0.1) is 12.7 Å². The van der Waals surface area contributed by atoms with Crippen molar-refractivity contribution >= 4 is 0 Å². The molecular weight excluding hydrogens is 240 g/mol. The number of rotatable bonds is 6. The Hall–Kier alpha value is -0.640. The second-order valence-corrected chi connectivity index (χ2v) is 6.34. The Morgan fingerprint density at radius 3 is 2.58 bits per heavy atom. The zero-order valence-electron chi connectivity index (χ0n) is 12.9. The minimum absolute atomic E-state index is 0.287. The second kappa shape index (κ2) is 6.21. The van der Waals surface area contributed by atoms with E-state index in [4.69, 9.17) is 9.47 Å². The Balaban J connectivity index is 2.67.